The molecule has 2 heterocycles. The van der Waals surface area contributed by atoms with Gasteiger partial charge in [-0.2, -0.15) is 13.2 Å². The Morgan fingerprint density at radius 2 is 1.64 bits per heavy atom. The van der Waals surface area contributed by atoms with Crippen molar-refractivity contribution in [3.63, 3.8) is 0 Å². The number of halogens is 3. The molecular weight excluding hydrogens is 575 g/mol. The fraction of sp³-hybridized carbons (Fsp3) is 0.353. The minimum absolute atomic E-state index is 0.00777. The maximum absolute atomic E-state index is 14.4. The normalized spacial score (nSPS) is 14.5. The van der Waals surface area contributed by atoms with Gasteiger partial charge in [0.25, 0.3) is 5.76 Å². The van der Waals surface area contributed by atoms with Crippen molar-refractivity contribution in [3.05, 3.63) is 93.3 Å². The standard InChI is InChI=1S/C34H34F3NO6/c1-4-5-22-6-10-25(11-7-22)42-31-29(39)26-14-15-28(43-33(40)23-8-12-24(41-3)13-9-23)27(20-38-18-16-21(2)17-19-38)30(26)44-32(31)34(35,36)37/h6-15,21H,4-5,16-20H2,1-3H3. The molecule has 0 N–H and O–H groups in total. The minimum atomic E-state index is -5.04. The Morgan fingerprint density at radius 3 is 2.25 bits per heavy atom. The van der Waals surface area contributed by atoms with Crippen LogP contribution in [0.1, 0.15) is 60.4 Å². The molecular formula is C34H34F3NO6. The highest BCUT2D eigenvalue weighted by Crippen LogP contribution is 2.40. The van der Waals surface area contributed by atoms with Gasteiger partial charge in [0, 0.05) is 6.54 Å². The molecule has 0 radical (unpaired) electrons. The third-order valence-corrected chi connectivity index (χ3v) is 7.80. The van der Waals surface area contributed by atoms with E-state index in [0.29, 0.717) is 24.8 Å². The predicted octanol–water partition coefficient (Wildman–Crippen LogP) is 8.02. The Morgan fingerprint density at radius 1 is 0.977 bits per heavy atom. The van der Waals surface area contributed by atoms with Crippen LogP contribution in [0.2, 0.25) is 0 Å². The van der Waals surface area contributed by atoms with Gasteiger partial charge in [-0.05, 0) is 92.4 Å². The maximum Gasteiger partial charge on any atom is 0.453 e. The number of benzene rings is 3. The summed E-state index contributed by atoms with van der Waals surface area (Å²) in [7, 11) is 1.50. The van der Waals surface area contributed by atoms with Gasteiger partial charge in [-0.3, -0.25) is 9.69 Å². The van der Waals surface area contributed by atoms with Crippen LogP contribution in [0.5, 0.6) is 23.0 Å². The molecule has 3 aromatic carbocycles. The van der Waals surface area contributed by atoms with Crippen molar-refractivity contribution in [2.75, 3.05) is 20.2 Å². The molecule has 0 unspecified atom stereocenters. The molecule has 0 aliphatic carbocycles. The van der Waals surface area contributed by atoms with Crippen LogP contribution in [-0.2, 0) is 19.1 Å². The largest absolute Gasteiger partial charge is 0.497 e. The molecule has 1 fully saturated rings. The quantitative estimate of drug-likeness (QED) is 0.141. The van der Waals surface area contributed by atoms with Gasteiger partial charge >= 0.3 is 12.1 Å². The van der Waals surface area contributed by atoms with Gasteiger partial charge in [-0.1, -0.05) is 32.4 Å². The molecule has 44 heavy (non-hydrogen) atoms. The van der Waals surface area contributed by atoms with E-state index in [9.17, 15) is 22.8 Å². The Hall–Kier alpha value is -4.31. The van der Waals surface area contributed by atoms with E-state index >= 15 is 0 Å². The van der Waals surface area contributed by atoms with Crippen LogP contribution in [0.25, 0.3) is 11.0 Å². The molecule has 10 heteroatoms. The van der Waals surface area contributed by atoms with E-state index in [4.69, 9.17) is 18.6 Å². The lowest BCUT2D eigenvalue weighted by Gasteiger charge is -2.30. The van der Waals surface area contributed by atoms with E-state index < -0.39 is 29.1 Å². The van der Waals surface area contributed by atoms with Crippen LogP contribution in [0.4, 0.5) is 13.2 Å². The molecule has 0 saturated carbocycles. The van der Waals surface area contributed by atoms with Crippen molar-refractivity contribution in [2.45, 2.75) is 52.3 Å². The summed E-state index contributed by atoms with van der Waals surface area (Å²) < 4.78 is 65.2. The van der Waals surface area contributed by atoms with E-state index in [1.165, 1.54) is 43.5 Å². The number of carbonyl (C=O) groups excluding carboxylic acids is 1. The monoisotopic (exact) mass is 609 g/mol. The van der Waals surface area contributed by atoms with E-state index in [1.54, 1.807) is 24.3 Å². The van der Waals surface area contributed by atoms with Crippen molar-refractivity contribution >= 4 is 16.9 Å². The number of hydrogen-bond acceptors (Lipinski definition) is 7. The molecule has 0 bridgehead atoms. The van der Waals surface area contributed by atoms with Gasteiger partial charge in [0.05, 0.1) is 23.6 Å². The van der Waals surface area contributed by atoms with Gasteiger partial charge in [0.1, 0.15) is 22.8 Å². The van der Waals surface area contributed by atoms with Crippen molar-refractivity contribution in [1.82, 2.24) is 4.90 Å². The third-order valence-electron chi connectivity index (χ3n) is 7.80. The highest BCUT2D eigenvalue weighted by Gasteiger charge is 2.41. The van der Waals surface area contributed by atoms with Gasteiger partial charge in [-0.15, -0.1) is 0 Å². The summed E-state index contributed by atoms with van der Waals surface area (Å²) in [6.07, 6.45) is -1.53. The van der Waals surface area contributed by atoms with Crippen molar-refractivity contribution in [3.8, 4) is 23.0 Å². The molecule has 1 saturated heterocycles. The van der Waals surface area contributed by atoms with Crippen LogP contribution < -0.4 is 19.6 Å². The highest BCUT2D eigenvalue weighted by atomic mass is 19.4. The topological polar surface area (TPSA) is 78.2 Å². The second-order valence-corrected chi connectivity index (χ2v) is 11.1. The number of nitrogens with zero attached hydrogens (tertiary/aromatic N) is 1. The zero-order chi connectivity index (χ0) is 31.4. The summed E-state index contributed by atoms with van der Waals surface area (Å²) in [5, 5.41) is -0.111. The highest BCUT2D eigenvalue weighted by molar-refractivity contribution is 5.92. The summed E-state index contributed by atoms with van der Waals surface area (Å²) >= 11 is 0. The van der Waals surface area contributed by atoms with Crippen molar-refractivity contribution < 1.29 is 36.6 Å². The fourth-order valence-electron chi connectivity index (χ4n) is 5.26. The number of methoxy groups -OCH3 is 1. The van der Waals surface area contributed by atoms with E-state index in [1.807, 2.05) is 6.92 Å². The first-order valence-electron chi connectivity index (χ1n) is 14.6. The number of carbonyl (C=O) groups is 1. The van der Waals surface area contributed by atoms with Gasteiger partial charge in [0.2, 0.25) is 11.2 Å². The van der Waals surface area contributed by atoms with Crippen molar-refractivity contribution in [1.29, 1.82) is 0 Å². The molecule has 232 valence electrons. The van der Waals surface area contributed by atoms with E-state index in [0.717, 1.165) is 31.2 Å². The molecule has 5 rings (SSSR count). The minimum Gasteiger partial charge on any atom is -0.497 e. The molecule has 0 spiro atoms. The Kier molecular flexibility index (Phi) is 9.29. The number of piperidine rings is 1. The number of alkyl halides is 3. The number of aryl methyl sites for hydroxylation is 1. The van der Waals surface area contributed by atoms with Gasteiger partial charge in [-0.25, -0.2) is 4.79 Å². The summed E-state index contributed by atoms with van der Waals surface area (Å²) in [6, 6.07) is 15.5. The van der Waals surface area contributed by atoms with E-state index in [-0.39, 0.29) is 40.1 Å². The average molecular weight is 610 g/mol. The van der Waals surface area contributed by atoms with E-state index in [2.05, 4.69) is 11.8 Å². The molecule has 1 aliphatic rings. The predicted molar refractivity (Wildman–Crippen MR) is 160 cm³/mol. The summed E-state index contributed by atoms with van der Waals surface area (Å²) in [4.78, 5) is 28.8. The van der Waals surface area contributed by atoms with Crippen LogP contribution in [0.3, 0.4) is 0 Å². The average Bonchev–Trinajstić information content (AvgIpc) is 3.01. The molecule has 1 aliphatic heterocycles. The van der Waals surface area contributed by atoms with Crippen LogP contribution in [0, 0.1) is 5.92 Å². The molecule has 0 atom stereocenters. The number of rotatable bonds is 9. The first-order valence-corrected chi connectivity index (χ1v) is 14.6. The zero-order valence-electron chi connectivity index (χ0n) is 24.8. The maximum atomic E-state index is 14.4. The first kappa shape index (κ1) is 31.1. The number of esters is 1. The zero-order valence-corrected chi connectivity index (χ0v) is 24.8. The second-order valence-electron chi connectivity index (χ2n) is 11.1. The van der Waals surface area contributed by atoms with Gasteiger partial charge < -0.3 is 18.6 Å². The van der Waals surface area contributed by atoms with Gasteiger partial charge in [0.15, 0.2) is 0 Å². The molecule has 1 aromatic heterocycles. The molecule has 7 nitrogen and oxygen atoms in total. The number of likely N-dealkylation sites (tertiary alicyclic amines) is 1. The fourth-order valence-corrected chi connectivity index (χ4v) is 5.26. The first-order chi connectivity index (χ1) is 21.1. The van der Waals surface area contributed by atoms with Crippen LogP contribution in [0.15, 0.2) is 69.9 Å². The molecule has 0 amide bonds. The number of hydrogen-bond donors (Lipinski definition) is 0. The second kappa shape index (κ2) is 13.1. The Balaban J connectivity index is 1.60. The summed E-state index contributed by atoms with van der Waals surface area (Å²) in [6.45, 7) is 5.66. The number of ether oxygens (including phenoxy) is 3. The molecule has 4 aromatic rings. The van der Waals surface area contributed by atoms with Crippen molar-refractivity contribution in [2.24, 2.45) is 5.92 Å². The Bertz CT molecular complexity index is 1670. The Labute approximate surface area is 253 Å². The van der Waals surface area contributed by atoms with Crippen LogP contribution >= 0.6 is 0 Å². The summed E-state index contributed by atoms with van der Waals surface area (Å²) in [5.74, 6) is -2.08. The lowest BCUT2D eigenvalue weighted by atomic mass is 9.98. The number of fused-ring (bicyclic) bond motifs is 1. The lowest BCUT2D eigenvalue weighted by molar-refractivity contribution is -0.154. The SMILES string of the molecule is CCCc1ccc(Oc2c(C(F)(F)F)oc3c(CN4CCC(C)CC4)c(OC(=O)c4ccc(OC)cc4)ccc3c2=O)cc1. The smallest absolute Gasteiger partial charge is 0.453 e. The summed E-state index contributed by atoms with van der Waals surface area (Å²) in [5.41, 5.74) is 0.117. The van der Waals surface area contributed by atoms with Crippen LogP contribution in [-0.4, -0.2) is 31.1 Å². The third kappa shape index (κ3) is 6.91. The lowest BCUT2D eigenvalue weighted by Crippen LogP contribution is -2.32.